The Balaban J connectivity index is 1.90. The minimum Gasteiger partial charge on any atom is -0.341 e. The fraction of sp³-hybridized carbons (Fsp3) is 0.636. The predicted molar refractivity (Wildman–Crippen MR) is 60.5 cm³/mol. The minimum atomic E-state index is 0.159. The van der Waals surface area contributed by atoms with Crippen LogP contribution in [0, 0.1) is 0 Å². The Hall–Kier alpha value is -1.36. The van der Waals surface area contributed by atoms with E-state index in [4.69, 9.17) is 5.73 Å². The summed E-state index contributed by atoms with van der Waals surface area (Å²) in [7, 11) is 0. The molecule has 88 valence electrons. The first-order chi connectivity index (χ1) is 7.79. The quantitative estimate of drug-likeness (QED) is 0.802. The molecule has 16 heavy (non-hydrogen) atoms. The molecule has 2 N–H and O–H groups in total. The van der Waals surface area contributed by atoms with E-state index in [9.17, 15) is 4.79 Å². The molecule has 0 radical (unpaired) electrons. The summed E-state index contributed by atoms with van der Waals surface area (Å²) in [5.74, 6) is 0.159. The third-order valence-electron chi connectivity index (χ3n) is 2.93. The van der Waals surface area contributed by atoms with Crippen molar-refractivity contribution in [1.82, 2.24) is 14.7 Å². The molecule has 1 aromatic rings. The zero-order valence-electron chi connectivity index (χ0n) is 9.43. The van der Waals surface area contributed by atoms with Crippen LogP contribution in [0.5, 0.6) is 0 Å². The van der Waals surface area contributed by atoms with Crippen molar-refractivity contribution in [2.24, 2.45) is 5.73 Å². The maximum Gasteiger partial charge on any atom is 0.244 e. The van der Waals surface area contributed by atoms with Crippen LogP contribution in [0.25, 0.3) is 0 Å². The SMILES string of the molecule is NCc1cnn(CC(=O)N2CCCCC2)c1. The number of rotatable bonds is 3. The Labute approximate surface area is 95.2 Å². The van der Waals surface area contributed by atoms with Gasteiger partial charge in [-0.05, 0) is 19.3 Å². The summed E-state index contributed by atoms with van der Waals surface area (Å²) in [6.45, 7) is 2.59. The monoisotopic (exact) mass is 222 g/mol. The molecule has 0 aliphatic carbocycles. The van der Waals surface area contributed by atoms with Crippen LogP contribution < -0.4 is 5.73 Å². The highest BCUT2D eigenvalue weighted by Gasteiger charge is 2.16. The van der Waals surface area contributed by atoms with Crippen LogP contribution in [-0.2, 0) is 17.9 Å². The summed E-state index contributed by atoms with van der Waals surface area (Å²) in [6.07, 6.45) is 7.03. The Bertz CT molecular complexity index is 355. The van der Waals surface area contributed by atoms with Crippen molar-refractivity contribution >= 4 is 5.91 Å². The second-order valence-corrected chi connectivity index (χ2v) is 4.19. The number of hydrogen-bond acceptors (Lipinski definition) is 3. The number of nitrogens with two attached hydrogens (primary N) is 1. The van der Waals surface area contributed by atoms with Gasteiger partial charge in [0.25, 0.3) is 0 Å². The van der Waals surface area contributed by atoms with E-state index in [1.807, 2.05) is 11.1 Å². The van der Waals surface area contributed by atoms with Crippen LogP contribution in [0.4, 0.5) is 0 Å². The smallest absolute Gasteiger partial charge is 0.244 e. The minimum absolute atomic E-state index is 0.159. The van der Waals surface area contributed by atoms with Crippen LogP contribution in [0.2, 0.25) is 0 Å². The predicted octanol–water partition coefficient (Wildman–Crippen LogP) is 0.354. The summed E-state index contributed by atoms with van der Waals surface area (Å²) in [5, 5.41) is 4.11. The standard InChI is InChI=1S/C11H18N4O/c12-6-10-7-13-15(8-10)9-11(16)14-4-2-1-3-5-14/h7-8H,1-6,9,12H2. The van der Waals surface area contributed by atoms with Crippen molar-refractivity contribution in [2.75, 3.05) is 13.1 Å². The lowest BCUT2D eigenvalue weighted by molar-refractivity contribution is -0.132. The van der Waals surface area contributed by atoms with Crippen LogP contribution in [0.1, 0.15) is 24.8 Å². The van der Waals surface area contributed by atoms with Crippen molar-refractivity contribution in [1.29, 1.82) is 0 Å². The highest BCUT2D eigenvalue weighted by molar-refractivity contribution is 5.75. The molecule has 0 saturated carbocycles. The summed E-state index contributed by atoms with van der Waals surface area (Å²) in [4.78, 5) is 13.8. The molecule has 5 nitrogen and oxygen atoms in total. The molecule has 0 spiro atoms. The van der Waals surface area contributed by atoms with Crippen LogP contribution in [-0.4, -0.2) is 33.7 Å². The maximum atomic E-state index is 11.9. The first-order valence-corrected chi connectivity index (χ1v) is 5.79. The summed E-state index contributed by atoms with van der Waals surface area (Å²) >= 11 is 0. The van der Waals surface area contributed by atoms with Crippen LogP contribution in [0.3, 0.4) is 0 Å². The number of carbonyl (C=O) groups excluding carboxylic acids is 1. The molecule has 1 amide bonds. The number of hydrogen-bond donors (Lipinski definition) is 1. The molecule has 0 aromatic carbocycles. The van der Waals surface area contributed by atoms with E-state index in [0.717, 1.165) is 31.5 Å². The van der Waals surface area contributed by atoms with Gasteiger partial charge < -0.3 is 10.6 Å². The molecule has 0 unspecified atom stereocenters. The third kappa shape index (κ3) is 2.61. The summed E-state index contributed by atoms with van der Waals surface area (Å²) < 4.78 is 1.67. The second kappa shape index (κ2) is 5.12. The third-order valence-corrected chi connectivity index (χ3v) is 2.93. The van der Waals surface area contributed by atoms with Gasteiger partial charge in [-0.25, -0.2) is 0 Å². The molecule has 1 fully saturated rings. The van der Waals surface area contributed by atoms with E-state index in [1.54, 1.807) is 10.9 Å². The Morgan fingerprint density at radius 3 is 2.75 bits per heavy atom. The second-order valence-electron chi connectivity index (χ2n) is 4.19. The average molecular weight is 222 g/mol. The number of aromatic nitrogens is 2. The van der Waals surface area contributed by atoms with Gasteiger partial charge in [-0.3, -0.25) is 9.48 Å². The van der Waals surface area contributed by atoms with Crippen molar-refractivity contribution in [3.63, 3.8) is 0 Å². The molecule has 1 aromatic heterocycles. The lowest BCUT2D eigenvalue weighted by Gasteiger charge is -2.26. The number of nitrogens with zero attached hydrogens (tertiary/aromatic N) is 3. The van der Waals surface area contributed by atoms with Gasteiger partial charge in [-0.1, -0.05) is 0 Å². The molecule has 5 heteroatoms. The first kappa shape index (κ1) is 11.1. The molecule has 0 bridgehead atoms. The first-order valence-electron chi connectivity index (χ1n) is 5.79. The highest BCUT2D eigenvalue weighted by atomic mass is 16.2. The van der Waals surface area contributed by atoms with Gasteiger partial charge in [0.05, 0.1) is 6.20 Å². The van der Waals surface area contributed by atoms with Gasteiger partial charge in [0.2, 0.25) is 5.91 Å². The van der Waals surface area contributed by atoms with Gasteiger partial charge in [0.15, 0.2) is 0 Å². The molecule has 2 rings (SSSR count). The normalized spacial score (nSPS) is 16.4. The molecule has 1 saturated heterocycles. The molecule has 0 atom stereocenters. The Morgan fingerprint density at radius 1 is 1.38 bits per heavy atom. The molecule has 1 aliphatic rings. The number of amides is 1. The van der Waals surface area contributed by atoms with Crippen molar-refractivity contribution in [2.45, 2.75) is 32.4 Å². The fourth-order valence-corrected chi connectivity index (χ4v) is 1.98. The van der Waals surface area contributed by atoms with E-state index >= 15 is 0 Å². The van der Waals surface area contributed by atoms with E-state index in [1.165, 1.54) is 6.42 Å². The van der Waals surface area contributed by atoms with Gasteiger partial charge >= 0.3 is 0 Å². The largest absolute Gasteiger partial charge is 0.341 e. The van der Waals surface area contributed by atoms with Crippen molar-refractivity contribution in [3.8, 4) is 0 Å². The van der Waals surface area contributed by atoms with Crippen LogP contribution in [0.15, 0.2) is 12.4 Å². The van der Waals surface area contributed by atoms with Gasteiger partial charge in [0, 0.05) is 31.4 Å². The van der Waals surface area contributed by atoms with Crippen LogP contribution >= 0.6 is 0 Å². The average Bonchev–Trinajstić information content (AvgIpc) is 2.78. The molecular formula is C11H18N4O. The van der Waals surface area contributed by atoms with Crippen molar-refractivity contribution < 1.29 is 4.79 Å². The van der Waals surface area contributed by atoms with Crippen molar-refractivity contribution in [3.05, 3.63) is 18.0 Å². The van der Waals surface area contributed by atoms with E-state index in [0.29, 0.717) is 13.1 Å². The Morgan fingerprint density at radius 2 is 2.12 bits per heavy atom. The fourth-order valence-electron chi connectivity index (χ4n) is 1.98. The van der Waals surface area contributed by atoms with Gasteiger partial charge in [-0.15, -0.1) is 0 Å². The molecular weight excluding hydrogens is 204 g/mol. The number of likely N-dealkylation sites (tertiary alicyclic amines) is 1. The van der Waals surface area contributed by atoms with E-state index in [2.05, 4.69) is 5.10 Å². The summed E-state index contributed by atoms with van der Waals surface area (Å²) in [6, 6.07) is 0. The number of carbonyl (C=O) groups is 1. The zero-order chi connectivity index (χ0) is 11.4. The molecule has 2 heterocycles. The maximum absolute atomic E-state index is 11.9. The van der Waals surface area contributed by atoms with Gasteiger partial charge in [-0.2, -0.15) is 5.10 Å². The lowest BCUT2D eigenvalue weighted by Crippen LogP contribution is -2.37. The topological polar surface area (TPSA) is 64.1 Å². The highest BCUT2D eigenvalue weighted by Crippen LogP contribution is 2.09. The number of piperidine rings is 1. The summed E-state index contributed by atoms with van der Waals surface area (Å²) in [5.41, 5.74) is 6.45. The lowest BCUT2D eigenvalue weighted by atomic mass is 10.1. The Kier molecular flexibility index (Phi) is 3.56. The van der Waals surface area contributed by atoms with E-state index < -0.39 is 0 Å². The van der Waals surface area contributed by atoms with E-state index in [-0.39, 0.29) is 5.91 Å². The molecule has 1 aliphatic heterocycles. The van der Waals surface area contributed by atoms with Gasteiger partial charge in [0.1, 0.15) is 6.54 Å². The zero-order valence-corrected chi connectivity index (χ0v) is 9.43.